The van der Waals surface area contributed by atoms with E-state index in [0.29, 0.717) is 6.54 Å². The van der Waals surface area contributed by atoms with Crippen LogP contribution in [0.5, 0.6) is 5.75 Å². The minimum Gasteiger partial charge on any atom is -0.493 e. The van der Waals surface area contributed by atoms with Gasteiger partial charge in [-0.15, -0.1) is 6.42 Å². The van der Waals surface area contributed by atoms with Crippen molar-refractivity contribution in [2.75, 3.05) is 13.2 Å². The van der Waals surface area contributed by atoms with E-state index in [1.54, 1.807) is 0 Å². The molecule has 0 fully saturated rings. The highest BCUT2D eigenvalue weighted by atomic mass is 79.9. The molecule has 1 aliphatic rings. The van der Waals surface area contributed by atoms with Crippen LogP contribution in [0.3, 0.4) is 0 Å². The number of rotatable bonds is 5. The molecule has 1 aromatic rings. The van der Waals surface area contributed by atoms with Crippen molar-refractivity contribution in [3.05, 3.63) is 27.7 Å². The fourth-order valence-electron chi connectivity index (χ4n) is 2.12. The van der Waals surface area contributed by atoms with Crippen molar-refractivity contribution in [1.29, 1.82) is 0 Å². The average molecular weight is 337 g/mol. The summed E-state index contributed by atoms with van der Waals surface area (Å²) < 4.78 is 6.68. The van der Waals surface area contributed by atoms with Gasteiger partial charge in [0, 0.05) is 23.0 Å². The maximum Gasteiger partial charge on any atom is 0.237 e. The summed E-state index contributed by atoms with van der Waals surface area (Å²) in [5.74, 6) is 3.22. The molecule has 0 saturated carbocycles. The van der Waals surface area contributed by atoms with E-state index in [0.717, 1.165) is 28.8 Å². The topological polar surface area (TPSA) is 50.4 Å². The third kappa shape index (κ3) is 3.53. The standard InChI is InChI=1S/C15H17BrN2O2/c1-3-5-17-15(19)10(2)18-9-12-8-13(16)7-11-4-6-20-14(11)12/h1,7-8,10,18H,4-6,9H2,2H3,(H,17,19). The van der Waals surface area contributed by atoms with Crippen LogP contribution in [0.4, 0.5) is 0 Å². The second kappa shape index (κ2) is 6.78. The molecule has 5 heteroatoms. The lowest BCUT2D eigenvalue weighted by Gasteiger charge is -2.15. The predicted octanol–water partition coefficient (Wildman–Crippen LogP) is 1.61. The smallest absolute Gasteiger partial charge is 0.237 e. The number of terminal acetylenes is 1. The van der Waals surface area contributed by atoms with Gasteiger partial charge in [0.2, 0.25) is 5.91 Å². The number of benzene rings is 1. The molecule has 2 N–H and O–H groups in total. The highest BCUT2D eigenvalue weighted by Gasteiger charge is 2.18. The van der Waals surface area contributed by atoms with Crippen molar-refractivity contribution in [2.24, 2.45) is 0 Å². The Hall–Kier alpha value is -1.51. The Kier molecular flexibility index (Phi) is 5.05. The Morgan fingerprint density at radius 1 is 1.60 bits per heavy atom. The van der Waals surface area contributed by atoms with Crippen molar-refractivity contribution in [2.45, 2.75) is 25.9 Å². The van der Waals surface area contributed by atoms with Gasteiger partial charge >= 0.3 is 0 Å². The Morgan fingerprint density at radius 3 is 3.15 bits per heavy atom. The Balaban J connectivity index is 1.98. The van der Waals surface area contributed by atoms with Gasteiger partial charge in [-0.1, -0.05) is 21.9 Å². The number of ether oxygens (including phenoxy) is 1. The maximum absolute atomic E-state index is 11.7. The number of carbonyl (C=O) groups excluding carboxylic acids is 1. The van der Waals surface area contributed by atoms with Gasteiger partial charge in [0.05, 0.1) is 19.2 Å². The van der Waals surface area contributed by atoms with Gasteiger partial charge in [-0.05, 0) is 24.6 Å². The normalized spacial score (nSPS) is 14.1. The molecule has 0 spiro atoms. The lowest BCUT2D eigenvalue weighted by molar-refractivity contribution is -0.122. The molecule has 1 amide bonds. The van der Waals surface area contributed by atoms with E-state index < -0.39 is 0 Å². The monoisotopic (exact) mass is 336 g/mol. The van der Waals surface area contributed by atoms with Crippen LogP contribution in [0.25, 0.3) is 0 Å². The molecule has 0 radical (unpaired) electrons. The minimum absolute atomic E-state index is 0.101. The quantitative estimate of drug-likeness (QED) is 0.803. The van der Waals surface area contributed by atoms with E-state index in [4.69, 9.17) is 11.2 Å². The zero-order valence-electron chi connectivity index (χ0n) is 11.3. The summed E-state index contributed by atoms with van der Waals surface area (Å²) >= 11 is 3.50. The molecule has 0 aromatic heterocycles. The first-order valence-electron chi connectivity index (χ1n) is 6.50. The molecule has 106 valence electrons. The van der Waals surface area contributed by atoms with Crippen LogP contribution >= 0.6 is 15.9 Å². The summed E-state index contributed by atoms with van der Waals surface area (Å²) in [5.41, 5.74) is 2.27. The van der Waals surface area contributed by atoms with E-state index in [1.807, 2.05) is 13.0 Å². The molecule has 0 aliphatic carbocycles. The third-order valence-corrected chi connectivity index (χ3v) is 3.64. The zero-order valence-corrected chi connectivity index (χ0v) is 12.9. The summed E-state index contributed by atoms with van der Waals surface area (Å²) in [6, 6.07) is 3.79. The number of hydrogen-bond donors (Lipinski definition) is 2. The van der Waals surface area contributed by atoms with Crippen molar-refractivity contribution in [1.82, 2.24) is 10.6 Å². The second-order valence-electron chi connectivity index (χ2n) is 4.68. The summed E-state index contributed by atoms with van der Waals surface area (Å²) in [7, 11) is 0. The summed E-state index contributed by atoms with van der Waals surface area (Å²) in [6.07, 6.45) is 6.04. The van der Waals surface area contributed by atoms with E-state index in [9.17, 15) is 4.79 Å². The van der Waals surface area contributed by atoms with Crippen LogP contribution in [0.1, 0.15) is 18.1 Å². The molecule has 4 nitrogen and oxygen atoms in total. The predicted molar refractivity (Wildman–Crippen MR) is 81.5 cm³/mol. The first kappa shape index (κ1) is 14.9. The van der Waals surface area contributed by atoms with Crippen LogP contribution in [0.15, 0.2) is 16.6 Å². The summed E-state index contributed by atoms with van der Waals surface area (Å²) in [4.78, 5) is 11.7. The molecule has 1 unspecified atom stereocenters. The molecule has 0 bridgehead atoms. The average Bonchev–Trinajstić information content (AvgIpc) is 2.89. The molecule has 2 rings (SSSR count). The van der Waals surface area contributed by atoms with E-state index in [-0.39, 0.29) is 18.5 Å². The zero-order chi connectivity index (χ0) is 14.5. The number of carbonyl (C=O) groups is 1. The van der Waals surface area contributed by atoms with Crippen LogP contribution < -0.4 is 15.4 Å². The summed E-state index contributed by atoms with van der Waals surface area (Å²) in [5, 5.41) is 5.84. The summed E-state index contributed by atoms with van der Waals surface area (Å²) in [6.45, 7) is 3.36. The minimum atomic E-state index is -0.306. The number of nitrogens with one attached hydrogen (secondary N) is 2. The van der Waals surface area contributed by atoms with Gasteiger partial charge in [-0.2, -0.15) is 0 Å². The highest BCUT2D eigenvalue weighted by Crippen LogP contribution is 2.32. The Bertz CT molecular complexity index is 552. The number of fused-ring (bicyclic) bond motifs is 1. The highest BCUT2D eigenvalue weighted by molar-refractivity contribution is 9.10. The molecule has 0 saturated heterocycles. The van der Waals surface area contributed by atoms with Crippen LogP contribution in [-0.4, -0.2) is 25.1 Å². The SMILES string of the molecule is C#CCNC(=O)C(C)NCc1cc(Br)cc2c1OCC2. The Morgan fingerprint density at radius 2 is 2.40 bits per heavy atom. The number of halogens is 1. The third-order valence-electron chi connectivity index (χ3n) is 3.18. The van der Waals surface area contributed by atoms with Crippen molar-refractivity contribution < 1.29 is 9.53 Å². The van der Waals surface area contributed by atoms with Crippen molar-refractivity contribution in [3.63, 3.8) is 0 Å². The molecule has 1 atom stereocenters. The second-order valence-corrected chi connectivity index (χ2v) is 5.59. The van der Waals surface area contributed by atoms with Gasteiger partial charge < -0.3 is 15.4 Å². The van der Waals surface area contributed by atoms with Crippen LogP contribution in [0.2, 0.25) is 0 Å². The molecular formula is C15H17BrN2O2. The van der Waals surface area contributed by atoms with Gasteiger partial charge in [-0.3, -0.25) is 4.79 Å². The molecular weight excluding hydrogens is 320 g/mol. The van der Waals surface area contributed by atoms with E-state index in [1.165, 1.54) is 5.56 Å². The van der Waals surface area contributed by atoms with Gasteiger partial charge in [0.1, 0.15) is 5.75 Å². The number of hydrogen-bond acceptors (Lipinski definition) is 3. The van der Waals surface area contributed by atoms with Crippen LogP contribution in [-0.2, 0) is 17.8 Å². The van der Waals surface area contributed by atoms with Gasteiger partial charge in [-0.25, -0.2) is 0 Å². The Labute approximate surface area is 127 Å². The molecule has 1 aliphatic heterocycles. The lowest BCUT2D eigenvalue weighted by Crippen LogP contribution is -2.41. The first-order chi connectivity index (χ1) is 9.61. The van der Waals surface area contributed by atoms with Crippen molar-refractivity contribution >= 4 is 21.8 Å². The lowest BCUT2D eigenvalue weighted by atomic mass is 10.1. The maximum atomic E-state index is 11.7. The van der Waals surface area contributed by atoms with E-state index in [2.05, 4.69) is 38.6 Å². The fourth-order valence-corrected chi connectivity index (χ4v) is 2.68. The molecule has 20 heavy (non-hydrogen) atoms. The van der Waals surface area contributed by atoms with E-state index >= 15 is 0 Å². The fraction of sp³-hybridized carbons (Fsp3) is 0.400. The van der Waals surface area contributed by atoms with Crippen LogP contribution in [0, 0.1) is 12.3 Å². The van der Waals surface area contributed by atoms with Gasteiger partial charge in [0.25, 0.3) is 0 Å². The molecule has 1 aromatic carbocycles. The largest absolute Gasteiger partial charge is 0.493 e. The first-order valence-corrected chi connectivity index (χ1v) is 7.29. The van der Waals surface area contributed by atoms with Crippen molar-refractivity contribution in [3.8, 4) is 18.1 Å². The number of amides is 1. The molecule has 1 heterocycles. The van der Waals surface area contributed by atoms with Gasteiger partial charge in [0.15, 0.2) is 0 Å².